The number of hydrogen-bond donors (Lipinski definition) is 1. The summed E-state index contributed by atoms with van der Waals surface area (Å²) in [7, 11) is 0. The molecule has 1 saturated carbocycles. The van der Waals surface area contributed by atoms with Crippen molar-refractivity contribution in [3.8, 4) is 0 Å². The number of pyridine rings is 1. The Labute approximate surface area is 180 Å². The molecule has 2 fully saturated rings. The normalized spacial score (nSPS) is 22.9. The standard InChI is InChI=1S/C24H34N4S/c1-4-5-15-27-23(22(26-24(27)29)21-13-9-10-14-25-21)20-16-17(2)28(18(20)3)19-11-7-6-8-12-19/h9-10,13-14,16,19,22-23H,4-8,11-12,15H2,1-3H3,(H,26,29)/t22-,23-/m0/s1. The average molecular weight is 411 g/mol. The van der Waals surface area contributed by atoms with Gasteiger partial charge in [0.15, 0.2) is 5.11 Å². The first-order chi connectivity index (χ1) is 14.1. The van der Waals surface area contributed by atoms with Crippen LogP contribution in [-0.2, 0) is 0 Å². The lowest BCUT2D eigenvalue weighted by Gasteiger charge is -2.29. The summed E-state index contributed by atoms with van der Waals surface area (Å²) in [6.07, 6.45) is 10.9. The zero-order valence-corrected chi connectivity index (χ0v) is 18.8. The Hall–Kier alpha value is -1.88. The van der Waals surface area contributed by atoms with Crippen molar-refractivity contribution in [2.75, 3.05) is 6.54 Å². The molecule has 29 heavy (non-hydrogen) atoms. The summed E-state index contributed by atoms with van der Waals surface area (Å²) >= 11 is 5.80. The first-order valence-corrected chi connectivity index (χ1v) is 11.7. The first-order valence-electron chi connectivity index (χ1n) is 11.3. The summed E-state index contributed by atoms with van der Waals surface area (Å²) in [4.78, 5) is 7.09. The third-order valence-electron chi connectivity index (χ3n) is 6.73. The molecule has 0 radical (unpaired) electrons. The van der Waals surface area contributed by atoms with Crippen LogP contribution in [0, 0.1) is 13.8 Å². The number of rotatable bonds is 6. The smallest absolute Gasteiger partial charge is 0.170 e. The monoisotopic (exact) mass is 410 g/mol. The molecule has 0 aromatic carbocycles. The predicted molar refractivity (Wildman–Crippen MR) is 123 cm³/mol. The summed E-state index contributed by atoms with van der Waals surface area (Å²) in [5.74, 6) is 0. The number of unbranched alkanes of at least 4 members (excludes halogenated alkanes) is 1. The predicted octanol–water partition coefficient (Wildman–Crippen LogP) is 5.78. The Kier molecular flexibility index (Phi) is 6.23. The second-order valence-corrected chi connectivity index (χ2v) is 9.05. The Bertz CT molecular complexity index is 838. The van der Waals surface area contributed by atoms with Gasteiger partial charge in [-0.1, -0.05) is 38.7 Å². The van der Waals surface area contributed by atoms with Crippen LogP contribution in [0.4, 0.5) is 0 Å². The molecule has 3 heterocycles. The van der Waals surface area contributed by atoms with Crippen molar-refractivity contribution in [3.05, 3.63) is 53.1 Å². The number of hydrogen-bond acceptors (Lipinski definition) is 2. The van der Waals surface area contributed by atoms with Crippen molar-refractivity contribution < 1.29 is 0 Å². The van der Waals surface area contributed by atoms with Crippen LogP contribution in [0.5, 0.6) is 0 Å². The SMILES string of the molecule is CCCCN1C(=S)N[C@@H](c2ccccn2)[C@@H]1c1cc(C)n(C2CCCCC2)c1C. The molecule has 0 spiro atoms. The topological polar surface area (TPSA) is 33.1 Å². The summed E-state index contributed by atoms with van der Waals surface area (Å²) in [5.41, 5.74) is 5.28. The van der Waals surface area contributed by atoms with E-state index in [0.717, 1.165) is 23.8 Å². The molecule has 0 amide bonds. The largest absolute Gasteiger partial charge is 0.352 e. The van der Waals surface area contributed by atoms with E-state index in [1.165, 1.54) is 55.5 Å². The lowest BCUT2D eigenvalue weighted by atomic mass is 9.94. The first kappa shape index (κ1) is 20.4. The van der Waals surface area contributed by atoms with E-state index in [0.29, 0.717) is 6.04 Å². The fourth-order valence-electron chi connectivity index (χ4n) is 5.32. The van der Waals surface area contributed by atoms with Gasteiger partial charge in [0.2, 0.25) is 0 Å². The van der Waals surface area contributed by atoms with Gasteiger partial charge in [0.1, 0.15) is 0 Å². The molecule has 2 aliphatic rings. The molecular weight excluding hydrogens is 376 g/mol. The zero-order valence-electron chi connectivity index (χ0n) is 18.0. The molecule has 156 valence electrons. The van der Waals surface area contributed by atoms with E-state index in [-0.39, 0.29) is 12.1 Å². The molecule has 1 aliphatic heterocycles. The molecule has 2 atom stereocenters. The molecular formula is C24H34N4S. The maximum absolute atomic E-state index is 5.80. The highest BCUT2D eigenvalue weighted by Crippen LogP contribution is 2.42. The summed E-state index contributed by atoms with van der Waals surface area (Å²) in [6, 6.07) is 9.54. The maximum atomic E-state index is 5.80. The highest BCUT2D eigenvalue weighted by molar-refractivity contribution is 7.80. The van der Waals surface area contributed by atoms with Gasteiger partial charge in [-0.15, -0.1) is 0 Å². The van der Waals surface area contributed by atoms with Gasteiger partial charge in [0.25, 0.3) is 0 Å². The highest BCUT2D eigenvalue weighted by Gasteiger charge is 2.41. The Morgan fingerprint density at radius 1 is 1.17 bits per heavy atom. The van der Waals surface area contributed by atoms with Gasteiger partial charge in [-0.2, -0.15) is 0 Å². The van der Waals surface area contributed by atoms with E-state index in [2.05, 4.69) is 58.7 Å². The molecule has 2 aromatic heterocycles. The molecule has 0 bridgehead atoms. The fraction of sp³-hybridized carbons (Fsp3) is 0.583. The van der Waals surface area contributed by atoms with Crippen molar-refractivity contribution in [2.45, 2.75) is 83.8 Å². The van der Waals surface area contributed by atoms with Gasteiger partial charge < -0.3 is 14.8 Å². The Balaban J connectivity index is 1.74. The lowest BCUT2D eigenvalue weighted by Crippen LogP contribution is -2.30. The van der Waals surface area contributed by atoms with Crippen LogP contribution in [0.25, 0.3) is 0 Å². The minimum Gasteiger partial charge on any atom is -0.352 e. The number of nitrogens with one attached hydrogen (secondary N) is 1. The van der Waals surface area contributed by atoms with Crippen LogP contribution in [0.1, 0.15) is 92.6 Å². The van der Waals surface area contributed by atoms with Crippen LogP contribution < -0.4 is 5.32 Å². The van der Waals surface area contributed by atoms with Crippen LogP contribution >= 0.6 is 12.2 Å². The fourth-order valence-corrected chi connectivity index (χ4v) is 5.65. The quantitative estimate of drug-likeness (QED) is 0.612. The van der Waals surface area contributed by atoms with Crippen LogP contribution in [-0.4, -0.2) is 26.1 Å². The Morgan fingerprint density at radius 3 is 2.66 bits per heavy atom. The van der Waals surface area contributed by atoms with Crippen molar-refractivity contribution >= 4 is 17.3 Å². The number of nitrogens with zero attached hydrogens (tertiary/aromatic N) is 3. The zero-order chi connectivity index (χ0) is 20.4. The summed E-state index contributed by atoms with van der Waals surface area (Å²) in [6.45, 7) is 7.82. The lowest BCUT2D eigenvalue weighted by molar-refractivity contribution is 0.308. The van der Waals surface area contributed by atoms with Gasteiger partial charge >= 0.3 is 0 Å². The molecule has 4 nitrogen and oxygen atoms in total. The summed E-state index contributed by atoms with van der Waals surface area (Å²) in [5, 5.41) is 4.46. The molecule has 4 rings (SSSR count). The van der Waals surface area contributed by atoms with Gasteiger partial charge in [0, 0.05) is 30.2 Å². The third kappa shape index (κ3) is 3.94. The Morgan fingerprint density at radius 2 is 1.97 bits per heavy atom. The van der Waals surface area contributed by atoms with Gasteiger partial charge in [0.05, 0.1) is 17.8 Å². The average Bonchev–Trinajstić information content (AvgIpc) is 3.23. The molecule has 2 aromatic rings. The van der Waals surface area contributed by atoms with Crippen LogP contribution in [0.2, 0.25) is 0 Å². The van der Waals surface area contributed by atoms with Crippen LogP contribution in [0.3, 0.4) is 0 Å². The molecule has 0 unspecified atom stereocenters. The highest BCUT2D eigenvalue weighted by atomic mass is 32.1. The van der Waals surface area contributed by atoms with Crippen molar-refractivity contribution in [1.82, 2.24) is 19.8 Å². The second kappa shape index (κ2) is 8.86. The van der Waals surface area contributed by atoms with Gasteiger partial charge in [-0.05, 0) is 69.1 Å². The van der Waals surface area contributed by atoms with E-state index >= 15 is 0 Å². The van der Waals surface area contributed by atoms with Gasteiger partial charge in [-0.25, -0.2) is 0 Å². The molecule has 1 saturated heterocycles. The van der Waals surface area contributed by atoms with Crippen molar-refractivity contribution in [2.24, 2.45) is 0 Å². The molecule has 1 N–H and O–H groups in total. The third-order valence-corrected chi connectivity index (χ3v) is 7.08. The van der Waals surface area contributed by atoms with E-state index in [1.54, 1.807) is 0 Å². The number of aryl methyl sites for hydroxylation is 1. The summed E-state index contributed by atoms with van der Waals surface area (Å²) < 4.78 is 2.61. The van der Waals surface area contributed by atoms with Gasteiger partial charge in [-0.3, -0.25) is 4.98 Å². The van der Waals surface area contributed by atoms with Crippen LogP contribution in [0.15, 0.2) is 30.5 Å². The minimum atomic E-state index is 0.0980. The van der Waals surface area contributed by atoms with E-state index in [1.807, 2.05) is 12.3 Å². The second-order valence-electron chi connectivity index (χ2n) is 8.66. The minimum absolute atomic E-state index is 0.0980. The number of aromatic nitrogens is 2. The van der Waals surface area contributed by atoms with E-state index < -0.39 is 0 Å². The molecule has 5 heteroatoms. The van der Waals surface area contributed by atoms with E-state index in [4.69, 9.17) is 12.2 Å². The maximum Gasteiger partial charge on any atom is 0.170 e. The van der Waals surface area contributed by atoms with Crippen molar-refractivity contribution in [3.63, 3.8) is 0 Å². The number of thiocarbonyl (C=S) groups is 1. The van der Waals surface area contributed by atoms with Crippen molar-refractivity contribution in [1.29, 1.82) is 0 Å². The molecule has 1 aliphatic carbocycles. The van der Waals surface area contributed by atoms with E-state index in [9.17, 15) is 0 Å².